The van der Waals surface area contributed by atoms with Crippen LogP contribution in [0, 0.1) is 0 Å². The Morgan fingerprint density at radius 1 is 1.25 bits per heavy atom. The van der Waals surface area contributed by atoms with Crippen molar-refractivity contribution < 1.29 is 5.11 Å². The third-order valence-corrected chi connectivity index (χ3v) is 3.55. The Balaban J connectivity index is 2.41. The lowest BCUT2D eigenvalue weighted by Crippen LogP contribution is -2.11. The fraction of sp³-hybridized carbons (Fsp3) is 0.250. The van der Waals surface area contributed by atoms with Gasteiger partial charge in [-0.25, -0.2) is 9.98 Å². The van der Waals surface area contributed by atoms with Gasteiger partial charge in [-0.05, 0) is 51.2 Å². The molecular formula is C16H17BrN2O. The molecule has 20 heavy (non-hydrogen) atoms. The van der Waals surface area contributed by atoms with Gasteiger partial charge in [0.25, 0.3) is 0 Å². The van der Waals surface area contributed by atoms with Gasteiger partial charge >= 0.3 is 0 Å². The molecule has 1 aromatic carbocycles. The highest BCUT2D eigenvalue weighted by Gasteiger charge is 2.17. The third kappa shape index (κ3) is 3.45. The largest absolute Gasteiger partial charge is 0.506 e. The zero-order valence-electron chi connectivity index (χ0n) is 11.8. The molecule has 0 saturated heterocycles. The van der Waals surface area contributed by atoms with E-state index in [-0.39, 0.29) is 11.2 Å². The molecule has 0 radical (unpaired) electrons. The van der Waals surface area contributed by atoms with E-state index in [1.54, 1.807) is 12.4 Å². The topological polar surface area (TPSA) is 45.5 Å². The molecule has 0 aliphatic rings. The Bertz CT molecular complexity index is 631. The third-order valence-electron chi connectivity index (χ3n) is 2.94. The number of hydrogen-bond donors (Lipinski definition) is 1. The molecule has 0 aliphatic carbocycles. The summed E-state index contributed by atoms with van der Waals surface area (Å²) in [6, 6.07) is 9.42. The molecule has 0 saturated carbocycles. The summed E-state index contributed by atoms with van der Waals surface area (Å²) in [7, 11) is 0. The Labute approximate surface area is 127 Å². The quantitative estimate of drug-likeness (QED) is 0.817. The summed E-state index contributed by atoms with van der Waals surface area (Å²) in [4.78, 5) is 8.41. The maximum atomic E-state index is 10.1. The Hall–Kier alpha value is -1.68. The number of aromatic hydroxyl groups is 1. The number of hydrogen-bond acceptors (Lipinski definition) is 3. The Kier molecular flexibility index (Phi) is 4.23. The van der Waals surface area contributed by atoms with Crippen LogP contribution in [-0.4, -0.2) is 16.3 Å². The van der Waals surface area contributed by atoms with Crippen molar-refractivity contribution in [1.82, 2.24) is 4.98 Å². The summed E-state index contributed by atoms with van der Waals surface area (Å²) < 4.78 is 0.674. The van der Waals surface area contributed by atoms with Gasteiger partial charge in [-0.15, -0.1) is 0 Å². The van der Waals surface area contributed by atoms with Gasteiger partial charge in [0.05, 0.1) is 4.47 Å². The Morgan fingerprint density at radius 2 is 2.00 bits per heavy atom. The van der Waals surface area contributed by atoms with Gasteiger partial charge in [0.1, 0.15) is 5.75 Å². The van der Waals surface area contributed by atoms with Crippen molar-refractivity contribution in [2.45, 2.75) is 26.2 Å². The number of nitrogens with zero attached hydrogens (tertiary/aromatic N) is 2. The van der Waals surface area contributed by atoms with Crippen LogP contribution in [0.3, 0.4) is 0 Å². The van der Waals surface area contributed by atoms with Gasteiger partial charge in [-0.2, -0.15) is 0 Å². The molecule has 0 unspecified atom stereocenters. The van der Waals surface area contributed by atoms with Crippen LogP contribution >= 0.6 is 15.9 Å². The molecule has 4 heteroatoms. The van der Waals surface area contributed by atoms with Crippen molar-refractivity contribution in [2.24, 2.45) is 4.99 Å². The van der Waals surface area contributed by atoms with E-state index < -0.39 is 0 Å². The van der Waals surface area contributed by atoms with Gasteiger partial charge < -0.3 is 5.11 Å². The van der Waals surface area contributed by atoms with Crippen LogP contribution in [-0.2, 0) is 5.41 Å². The lowest BCUT2D eigenvalue weighted by atomic mass is 9.86. The first-order chi connectivity index (χ1) is 9.38. The molecule has 0 atom stereocenters. The molecular weight excluding hydrogens is 316 g/mol. The van der Waals surface area contributed by atoms with E-state index in [0.717, 1.165) is 5.56 Å². The number of aliphatic imine (C=N–C) groups is 1. The number of halogens is 1. The van der Waals surface area contributed by atoms with E-state index in [0.29, 0.717) is 15.9 Å². The lowest BCUT2D eigenvalue weighted by Gasteiger charge is -2.20. The van der Waals surface area contributed by atoms with E-state index >= 15 is 0 Å². The molecule has 0 spiro atoms. The van der Waals surface area contributed by atoms with Crippen LogP contribution in [0.2, 0.25) is 0 Å². The van der Waals surface area contributed by atoms with E-state index in [2.05, 4.69) is 46.7 Å². The molecule has 1 heterocycles. The molecule has 2 rings (SSSR count). The number of rotatable bonds is 2. The van der Waals surface area contributed by atoms with Gasteiger partial charge in [0.2, 0.25) is 0 Å². The van der Waals surface area contributed by atoms with Gasteiger partial charge in [0.15, 0.2) is 5.82 Å². The zero-order valence-corrected chi connectivity index (χ0v) is 13.3. The fourth-order valence-corrected chi connectivity index (χ4v) is 2.19. The van der Waals surface area contributed by atoms with E-state index in [1.165, 1.54) is 0 Å². The van der Waals surface area contributed by atoms with Crippen LogP contribution in [0.1, 0.15) is 31.9 Å². The highest BCUT2D eigenvalue weighted by Crippen LogP contribution is 2.33. The standard InChI is InChI=1S/C16H17BrN2O/c1-16(2,3)12-8-11(15(20)13(17)9-12)10-19-14-6-4-5-7-18-14/h4-10,20H,1-3H3/b19-10+. The Morgan fingerprint density at radius 3 is 2.60 bits per heavy atom. The summed E-state index contributed by atoms with van der Waals surface area (Å²) in [5.41, 5.74) is 1.81. The summed E-state index contributed by atoms with van der Waals surface area (Å²) in [5.74, 6) is 0.807. The van der Waals surface area contributed by atoms with E-state index in [9.17, 15) is 5.11 Å². The second-order valence-corrected chi connectivity index (χ2v) is 6.45. The van der Waals surface area contributed by atoms with Crippen molar-refractivity contribution in [3.05, 3.63) is 52.1 Å². The van der Waals surface area contributed by atoms with Crippen molar-refractivity contribution in [3.63, 3.8) is 0 Å². The predicted molar refractivity (Wildman–Crippen MR) is 86.0 cm³/mol. The first-order valence-corrected chi connectivity index (χ1v) is 7.15. The van der Waals surface area contributed by atoms with Crippen LogP contribution in [0.4, 0.5) is 5.82 Å². The minimum absolute atomic E-state index is 0.00378. The summed E-state index contributed by atoms with van der Waals surface area (Å²) in [6.45, 7) is 6.39. The van der Waals surface area contributed by atoms with Crippen LogP contribution in [0.15, 0.2) is 46.0 Å². The van der Waals surface area contributed by atoms with Gasteiger partial charge in [0, 0.05) is 18.0 Å². The zero-order chi connectivity index (χ0) is 14.8. The maximum absolute atomic E-state index is 10.1. The minimum Gasteiger partial charge on any atom is -0.506 e. The fourth-order valence-electron chi connectivity index (χ4n) is 1.72. The number of pyridine rings is 1. The number of aromatic nitrogens is 1. The van der Waals surface area contributed by atoms with Crippen LogP contribution in [0.5, 0.6) is 5.75 Å². The van der Waals surface area contributed by atoms with Crippen LogP contribution in [0.25, 0.3) is 0 Å². The average Bonchev–Trinajstić information content (AvgIpc) is 2.40. The lowest BCUT2D eigenvalue weighted by molar-refractivity contribution is 0.469. The van der Waals surface area contributed by atoms with E-state index in [4.69, 9.17) is 0 Å². The molecule has 0 fully saturated rings. The maximum Gasteiger partial charge on any atom is 0.151 e. The summed E-state index contributed by atoms with van der Waals surface area (Å²) in [6.07, 6.45) is 3.33. The number of phenolic OH excluding ortho intramolecular Hbond substituents is 1. The highest BCUT2D eigenvalue weighted by molar-refractivity contribution is 9.10. The molecule has 1 aromatic heterocycles. The predicted octanol–water partition coefficient (Wildman–Crippen LogP) is 4.60. The van der Waals surface area contributed by atoms with E-state index in [1.807, 2.05) is 30.3 Å². The molecule has 2 aromatic rings. The first kappa shape index (κ1) is 14.7. The molecule has 3 nitrogen and oxygen atoms in total. The van der Waals surface area contributed by atoms with Crippen molar-refractivity contribution in [3.8, 4) is 5.75 Å². The first-order valence-electron chi connectivity index (χ1n) is 6.36. The molecule has 0 aliphatic heterocycles. The smallest absolute Gasteiger partial charge is 0.151 e. The van der Waals surface area contributed by atoms with Gasteiger partial charge in [-0.3, -0.25) is 0 Å². The second kappa shape index (κ2) is 5.75. The SMILES string of the molecule is CC(C)(C)c1cc(Br)c(O)c(/C=N/c2ccccn2)c1. The van der Waals surface area contributed by atoms with Crippen molar-refractivity contribution in [2.75, 3.05) is 0 Å². The van der Waals surface area contributed by atoms with Crippen molar-refractivity contribution >= 4 is 28.0 Å². The minimum atomic E-state index is 0.00378. The molecule has 1 N–H and O–H groups in total. The number of phenols is 1. The summed E-state index contributed by atoms with van der Waals surface area (Å²) >= 11 is 3.39. The molecule has 0 bridgehead atoms. The molecule has 0 amide bonds. The highest BCUT2D eigenvalue weighted by atomic mass is 79.9. The summed E-state index contributed by atoms with van der Waals surface area (Å²) in [5, 5.41) is 10.1. The normalized spacial score (nSPS) is 12.0. The van der Waals surface area contributed by atoms with Crippen LogP contribution < -0.4 is 0 Å². The monoisotopic (exact) mass is 332 g/mol. The van der Waals surface area contributed by atoms with Gasteiger partial charge in [-0.1, -0.05) is 26.8 Å². The number of benzene rings is 1. The second-order valence-electron chi connectivity index (χ2n) is 5.59. The average molecular weight is 333 g/mol. The van der Waals surface area contributed by atoms with Crippen molar-refractivity contribution in [1.29, 1.82) is 0 Å². The molecule has 104 valence electrons.